The summed E-state index contributed by atoms with van der Waals surface area (Å²) in [6, 6.07) is 0.421. The number of rotatable bonds is 6. The molecule has 2 fully saturated rings. The van der Waals surface area contributed by atoms with Crippen molar-refractivity contribution in [2.75, 3.05) is 32.1 Å². The largest absolute Gasteiger partial charge is 0.393 e. The number of nitrogens with zero attached hydrogens (tertiary/aromatic N) is 4. The highest BCUT2D eigenvalue weighted by molar-refractivity contribution is 5.81. The van der Waals surface area contributed by atoms with Crippen molar-refractivity contribution in [3.8, 4) is 0 Å². The van der Waals surface area contributed by atoms with E-state index in [0.717, 1.165) is 56.3 Å². The van der Waals surface area contributed by atoms with Gasteiger partial charge in [0.25, 0.3) is 5.56 Å². The van der Waals surface area contributed by atoms with Crippen molar-refractivity contribution in [3.63, 3.8) is 0 Å². The Kier molecular flexibility index (Phi) is 6.89. The number of aromatic nitrogens is 3. The van der Waals surface area contributed by atoms with Crippen LogP contribution in [-0.2, 0) is 11.3 Å². The fraction of sp³-hybridized carbons (Fsp3) is 0.696. The van der Waals surface area contributed by atoms with E-state index in [1.54, 1.807) is 6.20 Å². The van der Waals surface area contributed by atoms with E-state index in [-0.39, 0.29) is 29.7 Å². The van der Waals surface area contributed by atoms with E-state index in [1.807, 2.05) is 10.8 Å². The molecule has 0 aromatic carbocycles. The minimum Gasteiger partial charge on any atom is -0.393 e. The lowest BCUT2D eigenvalue weighted by Crippen LogP contribution is -2.46. The maximum Gasteiger partial charge on any atom is 0.261 e. The van der Waals surface area contributed by atoms with Crippen LogP contribution in [0.4, 0.5) is 5.95 Å². The van der Waals surface area contributed by atoms with Crippen LogP contribution in [0.2, 0.25) is 0 Å². The molecule has 8 heteroatoms. The van der Waals surface area contributed by atoms with Crippen molar-refractivity contribution in [2.24, 2.45) is 0 Å². The SMILES string of the molecule is CC[C@H](C)Nc1ncc2c(=O)n(C[C@@H]3COCCN3C)cc(C3CCC(O)CC3)c2n1. The molecule has 31 heavy (non-hydrogen) atoms. The molecule has 1 saturated heterocycles. The van der Waals surface area contributed by atoms with E-state index in [4.69, 9.17) is 9.72 Å². The van der Waals surface area contributed by atoms with Gasteiger partial charge in [0.2, 0.25) is 5.95 Å². The van der Waals surface area contributed by atoms with Gasteiger partial charge in [-0.15, -0.1) is 0 Å². The Hall–Kier alpha value is -2.03. The van der Waals surface area contributed by atoms with Crippen molar-refractivity contribution in [3.05, 3.63) is 28.3 Å². The van der Waals surface area contributed by atoms with Crippen molar-refractivity contribution >= 4 is 16.9 Å². The van der Waals surface area contributed by atoms with Crippen LogP contribution in [0, 0.1) is 0 Å². The summed E-state index contributed by atoms with van der Waals surface area (Å²) in [6.07, 6.45) is 7.80. The molecule has 1 saturated carbocycles. The summed E-state index contributed by atoms with van der Waals surface area (Å²) < 4.78 is 7.48. The van der Waals surface area contributed by atoms with Gasteiger partial charge in [0.1, 0.15) is 0 Å². The van der Waals surface area contributed by atoms with Crippen molar-refractivity contribution in [2.45, 2.75) is 76.6 Å². The maximum absolute atomic E-state index is 13.3. The topological polar surface area (TPSA) is 92.5 Å². The molecule has 2 aromatic heterocycles. The van der Waals surface area contributed by atoms with Crippen LogP contribution < -0.4 is 10.9 Å². The lowest BCUT2D eigenvalue weighted by Gasteiger charge is -2.33. The van der Waals surface area contributed by atoms with Crippen molar-refractivity contribution < 1.29 is 9.84 Å². The molecule has 2 atom stereocenters. The molecule has 170 valence electrons. The molecule has 8 nitrogen and oxygen atoms in total. The molecule has 1 aliphatic heterocycles. The highest BCUT2D eigenvalue weighted by Crippen LogP contribution is 2.35. The third-order valence-electron chi connectivity index (χ3n) is 6.90. The number of hydrogen-bond donors (Lipinski definition) is 2. The summed E-state index contributed by atoms with van der Waals surface area (Å²) in [6.45, 7) is 7.02. The van der Waals surface area contributed by atoms with Gasteiger partial charge in [-0.1, -0.05) is 6.92 Å². The summed E-state index contributed by atoms with van der Waals surface area (Å²) in [5.74, 6) is 0.848. The first-order chi connectivity index (χ1) is 15.0. The first-order valence-electron chi connectivity index (χ1n) is 11.6. The number of fused-ring (bicyclic) bond motifs is 1. The van der Waals surface area contributed by atoms with Gasteiger partial charge in [-0.3, -0.25) is 9.69 Å². The first kappa shape index (κ1) is 22.2. The number of hydrogen-bond acceptors (Lipinski definition) is 7. The van der Waals surface area contributed by atoms with Crippen LogP contribution in [-0.4, -0.2) is 69.5 Å². The molecular formula is C23H35N5O3. The van der Waals surface area contributed by atoms with Crippen LogP contribution in [0.1, 0.15) is 57.4 Å². The molecule has 0 unspecified atom stereocenters. The number of ether oxygens (including phenoxy) is 1. The fourth-order valence-electron chi connectivity index (χ4n) is 4.57. The van der Waals surface area contributed by atoms with E-state index >= 15 is 0 Å². The van der Waals surface area contributed by atoms with Crippen molar-refractivity contribution in [1.82, 2.24) is 19.4 Å². The Bertz CT molecular complexity index is 954. The number of pyridine rings is 1. The summed E-state index contributed by atoms with van der Waals surface area (Å²) in [5.41, 5.74) is 1.79. The Morgan fingerprint density at radius 1 is 1.32 bits per heavy atom. The molecule has 2 aliphatic rings. The first-order valence-corrected chi connectivity index (χ1v) is 11.6. The summed E-state index contributed by atoms with van der Waals surface area (Å²) in [4.78, 5) is 24.8. The molecule has 3 heterocycles. The average Bonchev–Trinajstić information content (AvgIpc) is 2.77. The molecule has 2 aromatic rings. The van der Waals surface area contributed by atoms with Gasteiger partial charge in [-0.05, 0) is 57.6 Å². The number of nitrogens with one attached hydrogen (secondary N) is 1. The molecule has 4 rings (SSSR count). The van der Waals surface area contributed by atoms with E-state index in [1.165, 1.54) is 0 Å². The lowest BCUT2D eigenvalue weighted by molar-refractivity contribution is -0.000520. The second kappa shape index (κ2) is 9.63. The molecule has 0 spiro atoms. The van der Waals surface area contributed by atoms with Gasteiger partial charge in [-0.2, -0.15) is 0 Å². The quantitative estimate of drug-likeness (QED) is 0.728. The Morgan fingerprint density at radius 3 is 2.81 bits per heavy atom. The van der Waals surface area contributed by atoms with Gasteiger partial charge >= 0.3 is 0 Å². The monoisotopic (exact) mass is 429 g/mol. The predicted molar refractivity (Wildman–Crippen MR) is 122 cm³/mol. The van der Waals surface area contributed by atoms with Gasteiger partial charge < -0.3 is 19.7 Å². The Morgan fingerprint density at radius 2 is 2.10 bits per heavy atom. The van der Waals surface area contributed by atoms with Crippen molar-refractivity contribution in [1.29, 1.82) is 0 Å². The number of aliphatic hydroxyl groups excluding tert-OH is 1. The van der Waals surface area contributed by atoms with E-state index in [0.29, 0.717) is 24.5 Å². The Labute approximate surface area is 183 Å². The zero-order chi connectivity index (χ0) is 22.0. The minimum atomic E-state index is -0.223. The fourth-order valence-corrected chi connectivity index (χ4v) is 4.57. The molecule has 0 bridgehead atoms. The normalized spacial score (nSPS) is 26.1. The highest BCUT2D eigenvalue weighted by Gasteiger charge is 2.26. The summed E-state index contributed by atoms with van der Waals surface area (Å²) >= 11 is 0. The van der Waals surface area contributed by atoms with Gasteiger partial charge in [0, 0.05) is 31.5 Å². The second-order valence-corrected chi connectivity index (χ2v) is 9.17. The van der Waals surface area contributed by atoms with Crippen LogP contribution in [0.25, 0.3) is 10.9 Å². The van der Waals surface area contributed by atoms with Gasteiger partial charge in [0.05, 0.1) is 36.3 Å². The predicted octanol–water partition coefficient (Wildman–Crippen LogP) is 2.35. The van der Waals surface area contributed by atoms with Crippen LogP contribution >= 0.6 is 0 Å². The van der Waals surface area contributed by atoms with Crippen LogP contribution in [0.15, 0.2) is 17.2 Å². The number of anilines is 1. The summed E-state index contributed by atoms with van der Waals surface area (Å²) in [7, 11) is 2.08. The lowest BCUT2D eigenvalue weighted by atomic mass is 9.82. The summed E-state index contributed by atoms with van der Waals surface area (Å²) in [5, 5.41) is 13.9. The third kappa shape index (κ3) is 4.91. The minimum absolute atomic E-state index is 0.0522. The smallest absolute Gasteiger partial charge is 0.261 e. The molecule has 2 N–H and O–H groups in total. The zero-order valence-electron chi connectivity index (χ0n) is 18.9. The van der Waals surface area contributed by atoms with E-state index < -0.39 is 0 Å². The third-order valence-corrected chi connectivity index (χ3v) is 6.90. The Balaban J connectivity index is 1.75. The maximum atomic E-state index is 13.3. The van der Waals surface area contributed by atoms with E-state index in [9.17, 15) is 9.90 Å². The molecular weight excluding hydrogens is 394 g/mol. The highest BCUT2D eigenvalue weighted by atomic mass is 16.5. The second-order valence-electron chi connectivity index (χ2n) is 9.17. The van der Waals surface area contributed by atoms with E-state index in [2.05, 4.69) is 36.1 Å². The average molecular weight is 430 g/mol. The molecule has 1 aliphatic carbocycles. The molecule has 0 amide bonds. The van der Waals surface area contributed by atoms with Crippen LogP contribution in [0.5, 0.6) is 0 Å². The van der Waals surface area contributed by atoms with Gasteiger partial charge in [0.15, 0.2) is 0 Å². The number of morpholine rings is 1. The standard InChI is InChI=1S/C23H35N5O3/c1-4-15(2)25-23-24-11-19-21(26-23)20(16-5-7-18(29)8-6-16)13-28(22(19)30)12-17-14-31-10-9-27(17)3/h11,13,15-18,29H,4-10,12,14H2,1-3H3,(H,24,25,26)/t15-,16?,17+,18?/m0/s1. The number of aliphatic hydroxyl groups is 1. The van der Waals surface area contributed by atoms with Gasteiger partial charge in [-0.25, -0.2) is 9.97 Å². The zero-order valence-corrected chi connectivity index (χ0v) is 18.9. The van der Waals surface area contributed by atoms with Crippen LogP contribution in [0.3, 0.4) is 0 Å². The molecule has 0 radical (unpaired) electrons. The number of likely N-dealkylation sites (N-methyl/N-ethyl adjacent to an activating group) is 1.